The van der Waals surface area contributed by atoms with Gasteiger partial charge in [0.2, 0.25) is 17.7 Å². The topological polar surface area (TPSA) is 116 Å². The quantitative estimate of drug-likeness (QED) is 0.134. The zero-order valence-electron chi connectivity index (χ0n) is 25.3. The largest absolute Gasteiger partial charge is 0.354 e. The average Bonchev–Trinajstić information content (AvgIpc) is 2.90. The zero-order valence-corrected chi connectivity index (χ0v) is 26.9. The number of nitrogens with one attached hydrogen (secondary N) is 4. The summed E-state index contributed by atoms with van der Waals surface area (Å²) in [5, 5.41) is 11.7. The predicted molar refractivity (Wildman–Crippen MR) is 168 cm³/mol. The van der Waals surface area contributed by atoms with Crippen molar-refractivity contribution in [3.8, 4) is 0 Å². The highest BCUT2D eigenvalue weighted by atomic mass is 32.2. The first-order chi connectivity index (χ1) is 18.9. The van der Waals surface area contributed by atoms with Crippen LogP contribution in [0.15, 0.2) is 24.3 Å². The molecule has 0 bridgehead atoms. The van der Waals surface area contributed by atoms with E-state index in [1.165, 1.54) is 11.1 Å². The maximum Gasteiger partial charge on any atom is 0.245 e. The molecule has 1 aromatic rings. The maximum absolute atomic E-state index is 12.6. The Morgan fingerprint density at radius 1 is 1.02 bits per heavy atom. The van der Waals surface area contributed by atoms with Crippen molar-refractivity contribution in [2.75, 3.05) is 25.1 Å². The van der Waals surface area contributed by atoms with E-state index >= 15 is 0 Å². The average molecular weight is 595 g/mol. The molecule has 0 aromatic heterocycles. The highest BCUT2D eigenvalue weighted by molar-refractivity contribution is 7.98. The van der Waals surface area contributed by atoms with Crippen LogP contribution in [0.3, 0.4) is 0 Å². The van der Waals surface area contributed by atoms with Gasteiger partial charge in [-0.3, -0.25) is 14.4 Å². The Kier molecular flexibility index (Phi) is 17.2. The summed E-state index contributed by atoms with van der Waals surface area (Å²) in [6.07, 6.45) is 2.56. The van der Waals surface area contributed by atoms with Gasteiger partial charge in [-0.05, 0) is 50.3 Å². The molecule has 1 rings (SSSR count). The van der Waals surface area contributed by atoms with Crippen LogP contribution in [0, 0.1) is 11.8 Å². The van der Waals surface area contributed by atoms with Gasteiger partial charge in [0, 0.05) is 36.0 Å². The predicted octanol–water partition coefficient (Wildman–Crippen LogP) is 3.92. The molecule has 0 saturated heterocycles. The first kappa shape index (κ1) is 36.0. The summed E-state index contributed by atoms with van der Waals surface area (Å²) in [5.41, 5.74) is 1.34. The molecule has 1 aromatic carbocycles. The van der Waals surface area contributed by atoms with Crippen LogP contribution in [-0.2, 0) is 30.7 Å². The van der Waals surface area contributed by atoms with Gasteiger partial charge >= 0.3 is 0 Å². The molecule has 3 amide bonds. The van der Waals surface area contributed by atoms with E-state index in [4.69, 9.17) is 0 Å². The lowest BCUT2D eigenvalue weighted by atomic mass is 9.99. The van der Waals surface area contributed by atoms with E-state index in [0.717, 1.165) is 30.0 Å². The van der Waals surface area contributed by atoms with Crippen LogP contribution < -0.4 is 21.3 Å². The molecule has 0 aliphatic carbocycles. The van der Waals surface area contributed by atoms with Crippen molar-refractivity contribution in [1.82, 2.24) is 21.3 Å². The van der Waals surface area contributed by atoms with Crippen LogP contribution in [0.2, 0.25) is 0 Å². The van der Waals surface area contributed by atoms with Crippen LogP contribution in [0.5, 0.6) is 0 Å². The molecule has 0 unspecified atom stereocenters. The first-order valence-corrected chi connectivity index (χ1v) is 16.5. The normalized spacial score (nSPS) is 13.8. The number of aldehydes is 1. The highest BCUT2D eigenvalue weighted by Crippen LogP contribution is 2.18. The van der Waals surface area contributed by atoms with Gasteiger partial charge in [0.1, 0.15) is 11.8 Å². The Morgan fingerprint density at radius 2 is 1.65 bits per heavy atom. The van der Waals surface area contributed by atoms with Gasteiger partial charge in [-0.1, -0.05) is 58.4 Å². The minimum Gasteiger partial charge on any atom is -0.354 e. The van der Waals surface area contributed by atoms with E-state index in [1.807, 2.05) is 20.9 Å². The number of carbonyl (C=O) groups excluding carboxylic acids is 4. The second-order valence-corrected chi connectivity index (χ2v) is 13.3. The van der Waals surface area contributed by atoms with Gasteiger partial charge in [0.05, 0.1) is 12.1 Å². The summed E-state index contributed by atoms with van der Waals surface area (Å²) >= 11 is 3.47. The summed E-state index contributed by atoms with van der Waals surface area (Å²) in [6, 6.07) is 7.72. The molecule has 0 fully saturated rings. The van der Waals surface area contributed by atoms with Crippen molar-refractivity contribution in [3.05, 3.63) is 35.4 Å². The van der Waals surface area contributed by atoms with Crippen LogP contribution in [0.25, 0.3) is 0 Å². The molecule has 4 N–H and O–H groups in total. The summed E-state index contributed by atoms with van der Waals surface area (Å²) in [4.78, 5) is 48.7. The van der Waals surface area contributed by atoms with E-state index in [0.29, 0.717) is 31.1 Å². The van der Waals surface area contributed by atoms with Gasteiger partial charge in [0.15, 0.2) is 0 Å². The summed E-state index contributed by atoms with van der Waals surface area (Å²) in [6.45, 7) is 12.1. The Balaban J connectivity index is 2.36. The number of likely N-dealkylation sites (N-methyl/N-ethyl adjacent to an activating group) is 1. The summed E-state index contributed by atoms with van der Waals surface area (Å²) in [5.74, 6) is 3.22. The molecule has 0 aliphatic heterocycles. The second-order valence-electron chi connectivity index (χ2n) is 11.1. The van der Waals surface area contributed by atoms with Gasteiger partial charge in [-0.2, -0.15) is 23.5 Å². The van der Waals surface area contributed by atoms with Crippen LogP contribution >= 0.6 is 23.5 Å². The molecule has 40 heavy (non-hydrogen) atoms. The van der Waals surface area contributed by atoms with Gasteiger partial charge < -0.3 is 26.1 Å². The lowest BCUT2D eigenvalue weighted by Gasteiger charge is -2.27. The lowest BCUT2D eigenvalue weighted by molar-refractivity contribution is -0.133. The van der Waals surface area contributed by atoms with E-state index in [2.05, 4.69) is 59.4 Å². The van der Waals surface area contributed by atoms with Crippen molar-refractivity contribution in [2.45, 2.75) is 89.9 Å². The minimum absolute atomic E-state index is 0.0603. The Labute approximate surface area is 249 Å². The Morgan fingerprint density at radius 3 is 2.20 bits per heavy atom. The monoisotopic (exact) mass is 594 g/mol. The van der Waals surface area contributed by atoms with Gasteiger partial charge in [0.25, 0.3) is 0 Å². The van der Waals surface area contributed by atoms with Crippen molar-refractivity contribution in [2.24, 2.45) is 11.8 Å². The number of rotatable bonds is 20. The standard InChI is InChI=1S/C30H50N4O4S2/c1-8-22(4)27(31-7)28(37)32-13-15-40-20-24-11-9-10-23(17-24)19-39-14-12-26(36)34-30(5,6)29(38)33-25(18-35)16-21(2)3/h9-11,17-18,21-22,25,27,31H,8,12-16,19-20H2,1-7H3,(H,32,37)(H,33,38)(H,34,36)/t22-,25-,27-/m0/s1. The van der Waals surface area contributed by atoms with Crippen molar-refractivity contribution < 1.29 is 19.2 Å². The smallest absolute Gasteiger partial charge is 0.245 e. The van der Waals surface area contributed by atoms with Gasteiger partial charge in [-0.15, -0.1) is 0 Å². The number of amides is 3. The van der Waals surface area contributed by atoms with Crippen LogP contribution in [0.1, 0.15) is 71.9 Å². The molecular weight excluding hydrogens is 544 g/mol. The van der Waals surface area contributed by atoms with Crippen molar-refractivity contribution >= 4 is 47.5 Å². The lowest BCUT2D eigenvalue weighted by Crippen LogP contribution is -2.57. The number of benzene rings is 1. The number of thioether (sulfide) groups is 2. The number of carbonyl (C=O) groups is 4. The number of hydrogen-bond acceptors (Lipinski definition) is 7. The second kappa shape index (κ2) is 19.1. The molecule has 10 heteroatoms. The van der Waals surface area contributed by atoms with Crippen molar-refractivity contribution in [1.29, 1.82) is 0 Å². The first-order valence-electron chi connectivity index (χ1n) is 14.2. The third kappa shape index (κ3) is 14.0. The van der Waals surface area contributed by atoms with E-state index in [9.17, 15) is 19.2 Å². The molecule has 0 radical (unpaired) electrons. The van der Waals surface area contributed by atoms with E-state index in [1.54, 1.807) is 37.4 Å². The SMILES string of the molecule is CC[C@H](C)[C@H](NC)C(=O)NCCSCc1cccc(CSCCC(=O)NC(C)(C)C(=O)N[C@H](C=O)CC(C)C)c1. The maximum atomic E-state index is 12.6. The third-order valence-corrected chi connectivity index (χ3v) is 8.64. The zero-order chi connectivity index (χ0) is 30.1. The summed E-state index contributed by atoms with van der Waals surface area (Å²) in [7, 11) is 1.83. The van der Waals surface area contributed by atoms with Crippen LogP contribution in [-0.4, -0.2) is 66.7 Å². The highest BCUT2D eigenvalue weighted by Gasteiger charge is 2.31. The van der Waals surface area contributed by atoms with Crippen molar-refractivity contribution in [3.63, 3.8) is 0 Å². The fourth-order valence-electron chi connectivity index (χ4n) is 4.09. The van der Waals surface area contributed by atoms with E-state index in [-0.39, 0.29) is 29.7 Å². The Hall–Kier alpha value is -2.04. The molecule has 0 heterocycles. The molecule has 0 aliphatic rings. The molecule has 8 nitrogen and oxygen atoms in total. The molecule has 0 spiro atoms. The van der Waals surface area contributed by atoms with Crippen LogP contribution in [0.4, 0.5) is 0 Å². The molecular formula is C30H50N4O4S2. The summed E-state index contributed by atoms with van der Waals surface area (Å²) < 4.78 is 0. The Bertz CT molecular complexity index is 942. The fraction of sp³-hybridized carbons (Fsp3) is 0.667. The van der Waals surface area contributed by atoms with E-state index < -0.39 is 11.6 Å². The molecule has 0 saturated carbocycles. The minimum atomic E-state index is -1.10. The fourth-order valence-corrected chi connectivity index (χ4v) is 5.79. The molecule has 226 valence electrons. The van der Waals surface area contributed by atoms with Gasteiger partial charge in [-0.25, -0.2) is 0 Å². The molecule has 3 atom stereocenters. The number of hydrogen-bond donors (Lipinski definition) is 4. The third-order valence-electron chi connectivity index (χ3n) is 6.58.